The number of phenols is 2. The maximum atomic E-state index is 9.26. The largest absolute Gasteiger partial charge is 0.504 e. The molecule has 0 atom stereocenters. The second kappa shape index (κ2) is 3.32. The second-order valence-corrected chi connectivity index (χ2v) is 2.37. The first-order valence-corrected chi connectivity index (χ1v) is 3.48. The van der Waals surface area contributed by atoms with E-state index in [-0.39, 0.29) is 23.8 Å². The Labute approximate surface area is 70.2 Å². The van der Waals surface area contributed by atoms with Gasteiger partial charge in [0.2, 0.25) is 5.75 Å². The number of aromatic hydroxyl groups is 2. The predicted octanol–water partition coefficient (Wildman–Crippen LogP) is 0.565. The molecule has 0 aliphatic heterocycles. The summed E-state index contributed by atoms with van der Waals surface area (Å²) in [6.45, 7) is 0.269. The van der Waals surface area contributed by atoms with Crippen LogP contribution in [0.5, 0.6) is 17.2 Å². The van der Waals surface area contributed by atoms with Gasteiger partial charge in [0.05, 0.1) is 7.11 Å². The van der Waals surface area contributed by atoms with Crippen LogP contribution in [0.15, 0.2) is 12.1 Å². The molecular formula is C8H11NO3. The lowest BCUT2D eigenvalue weighted by Crippen LogP contribution is -1.96. The van der Waals surface area contributed by atoms with Gasteiger partial charge in [0.1, 0.15) is 0 Å². The van der Waals surface area contributed by atoms with E-state index in [0.717, 1.165) is 0 Å². The van der Waals surface area contributed by atoms with E-state index in [1.54, 1.807) is 0 Å². The molecule has 66 valence electrons. The van der Waals surface area contributed by atoms with E-state index >= 15 is 0 Å². The van der Waals surface area contributed by atoms with Crippen molar-refractivity contribution in [1.29, 1.82) is 0 Å². The van der Waals surface area contributed by atoms with Gasteiger partial charge >= 0.3 is 0 Å². The van der Waals surface area contributed by atoms with Gasteiger partial charge < -0.3 is 20.7 Å². The van der Waals surface area contributed by atoms with Gasteiger partial charge in [-0.15, -0.1) is 0 Å². The molecule has 0 amide bonds. The molecule has 0 aliphatic rings. The number of hydrogen-bond acceptors (Lipinski definition) is 4. The van der Waals surface area contributed by atoms with Gasteiger partial charge in [0.15, 0.2) is 11.5 Å². The Morgan fingerprint density at radius 1 is 1.33 bits per heavy atom. The summed E-state index contributed by atoms with van der Waals surface area (Å²) in [5, 5.41) is 18.5. The molecule has 4 N–H and O–H groups in total. The highest BCUT2D eigenvalue weighted by atomic mass is 16.5. The van der Waals surface area contributed by atoms with Crippen LogP contribution in [0.4, 0.5) is 0 Å². The van der Waals surface area contributed by atoms with Gasteiger partial charge in [0.25, 0.3) is 0 Å². The molecule has 0 saturated heterocycles. The standard InChI is InChI=1S/C8H11NO3/c1-12-8-6(10)2-5(4-9)3-7(8)11/h2-3,10-11H,4,9H2,1H3. The summed E-state index contributed by atoms with van der Waals surface area (Å²) >= 11 is 0. The molecule has 0 aromatic heterocycles. The summed E-state index contributed by atoms with van der Waals surface area (Å²) in [7, 11) is 1.37. The minimum absolute atomic E-state index is 0.0761. The molecule has 1 aromatic rings. The van der Waals surface area contributed by atoms with Gasteiger partial charge in [0, 0.05) is 6.54 Å². The molecule has 0 fully saturated rings. The Balaban J connectivity index is 3.18. The first kappa shape index (κ1) is 8.67. The lowest BCUT2D eigenvalue weighted by molar-refractivity contribution is 0.344. The third-order valence-electron chi connectivity index (χ3n) is 1.55. The first-order chi connectivity index (χ1) is 5.69. The fraction of sp³-hybridized carbons (Fsp3) is 0.250. The number of nitrogens with two attached hydrogens (primary N) is 1. The smallest absolute Gasteiger partial charge is 0.202 e. The van der Waals surface area contributed by atoms with Gasteiger partial charge in [-0.25, -0.2) is 0 Å². The van der Waals surface area contributed by atoms with E-state index in [1.165, 1.54) is 19.2 Å². The van der Waals surface area contributed by atoms with E-state index in [4.69, 9.17) is 10.5 Å². The van der Waals surface area contributed by atoms with E-state index in [9.17, 15) is 10.2 Å². The van der Waals surface area contributed by atoms with Gasteiger partial charge in [-0.2, -0.15) is 0 Å². The lowest BCUT2D eigenvalue weighted by Gasteiger charge is -2.07. The van der Waals surface area contributed by atoms with Crippen molar-refractivity contribution in [3.63, 3.8) is 0 Å². The predicted molar refractivity (Wildman–Crippen MR) is 44.2 cm³/mol. The number of phenolic OH excluding ortho intramolecular Hbond substituents is 2. The molecule has 1 aromatic carbocycles. The number of ether oxygens (including phenoxy) is 1. The highest BCUT2D eigenvalue weighted by molar-refractivity contribution is 5.52. The summed E-state index contributed by atoms with van der Waals surface area (Å²) in [5.74, 6) is -0.122. The van der Waals surface area contributed by atoms with Crippen molar-refractivity contribution in [1.82, 2.24) is 0 Å². The molecule has 0 heterocycles. The van der Waals surface area contributed by atoms with Crippen molar-refractivity contribution in [3.05, 3.63) is 17.7 Å². The van der Waals surface area contributed by atoms with Crippen LogP contribution < -0.4 is 10.5 Å². The van der Waals surface area contributed by atoms with Crippen molar-refractivity contribution in [2.75, 3.05) is 7.11 Å². The Morgan fingerprint density at radius 3 is 2.17 bits per heavy atom. The number of methoxy groups -OCH3 is 1. The first-order valence-electron chi connectivity index (χ1n) is 3.48. The molecule has 0 aliphatic carbocycles. The van der Waals surface area contributed by atoms with Crippen LogP contribution in [0.25, 0.3) is 0 Å². The summed E-state index contributed by atoms with van der Waals surface area (Å²) < 4.78 is 4.73. The number of benzene rings is 1. The topological polar surface area (TPSA) is 75.7 Å². The van der Waals surface area contributed by atoms with Crippen LogP contribution in [0, 0.1) is 0 Å². The maximum Gasteiger partial charge on any atom is 0.202 e. The monoisotopic (exact) mass is 169 g/mol. The van der Waals surface area contributed by atoms with E-state index in [0.29, 0.717) is 5.56 Å². The molecule has 0 radical (unpaired) electrons. The zero-order valence-electron chi connectivity index (χ0n) is 6.74. The minimum atomic E-state index is -0.0991. The van der Waals surface area contributed by atoms with Crippen LogP contribution in [-0.2, 0) is 6.54 Å². The molecule has 1 rings (SSSR count). The van der Waals surface area contributed by atoms with Crippen molar-refractivity contribution in [2.24, 2.45) is 5.73 Å². The average molecular weight is 169 g/mol. The van der Waals surface area contributed by atoms with Gasteiger partial charge in [-0.05, 0) is 17.7 Å². The highest BCUT2D eigenvalue weighted by Crippen LogP contribution is 2.36. The number of hydrogen-bond donors (Lipinski definition) is 3. The van der Waals surface area contributed by atoms with E-state index in [2.05, 4.69) is 0 Å². The van der Waals surface area contributed by atoms with Crippen LogP contribution in [0.1, 0.15) is 5.56 Å². The molecular weight excluding hydrogens is 158 g/mol. The normalized spacial score (nSPS) is 9.83. The second-order valence-electron chi connectivity index (χ2n) is 2.37. The van der Waals surface area contributed by atoms with Crippen molar-refractivity contribution >= 4 is 0 Å². The zero-order valence-corrected chi connectivity index (χ0v) is 6.74. The summed E-state index contributed by atoms with van der Waals surface area (Å²) in [5.41, 5.74) is 5.97. The van der Waals surface area contributed by atoms with Gasteiger partial charge in [-0.3, -0.25) is 0 Å². The molecule has 4 heteroatoms. The Bertz CT molecular complexity index is 263. The van der Waals surface area contributed by atoms with Crippen LogP contribution >= 0.6 is 0 Å². The fourth-order valence-corrected chi connectivity index (χ4v) is 0.982. The number of rotatable bonds is 2. The SMILES string of the molecule is COc1c(O)cc(CN)cc1O. The van der Waals surface area contributed by atoms with E-state index in [1.807, 2.05) is 0 Å². The zero-order chi connectivity index (χ0) is 9.14. The Morgan fingerprint density at radius 2 is 1.83 bits per heavy atom. The summed E-state index contributed by atoms with van der Waals surface area (Å²) in [4.78, 5) is 0. The molecule has 0 saturated carbocycles. The third kappa shape index (κ3) is 1.43. The van der Waals surface area contributed by atoms with Crippen LogP contribution in [0.3, 0.4) is 0 Å². The third-order valence-corrected chi connectivity index (χ3v) is 1.55. The van der Waals surface area contributed by atoms with Crippen molar-refractivity contribution in [2.45, 2.75) is 6.54 Å². The molecule has 12 heavy (non-hydrogen) atoms. The summed E-state index contributed by atoms with van der Waals surface area (Å²) in [6.07, 6.45) is 0. The Kier molecular flexibility index (Phi) is 2.40. The fourth-order valence-electron chi connectivity index (χ4n) is 0.982. The highest BCUT2D eigenvalue weighted by Gasteiger charge is 2.08. The molecule has 4 nitrogen and oxygen atoms in total. The summed E-state index contributed by atoms with van der Waals surface area (Å²) in [6, 6.07) is 2.91. The van der Waals surface area contributed by atoms with Crippen LogP contribution in [-0.4, -0.2) is 17.3 Å². The lowest BCUT2D eigenvalue weighted by atomic mass is 10.2. The van der Waals surface area contributed by atoms with Gasteiger partial charge in [-0.1, -0.05) is 0 Å². The molecule has 0 bridgehead atoms. The quantitative estimate of drug-likeness (QED) is 0.604. The van der Waals surface area contributed by atoms with Crippen molar-refractivity contribution in [3.8, 4) is 17.2 Å². The minimum Gasteiger partial charge on any atom is -0.504 e. The van der Waals surface area contributed by atoms with Crippen LogP contribution in [0.2, 0.25) is 0 Å². The van der Waals surface area contributed by atoms with Crippen molar-refractivity contribution < 1.29 is 14.9 Å². The maximum absolute atomic E-state index is 9.26. The molecule has 0 unspecified atom stereocenters. The average Bonchev–Trinajstić information content (AvgIpc) is 2.03. The Hall–Kier alpha value is -1.42. The van der Waals surface area contributed by atoms with E-state index < -0.39 is 0 Å². The molecule has 0 spiro atoms.